The standard InChI is InChI=1S/C10H9ClF3NO6S/c1-4-7(11)3-6(5(2)16)9(8(4)15(17)18)21-22(19,20)10(12,13)14/h3,17-18H,1-2H3. The van der Waals surface area contributed by atoms with Crippen LogP contribution in [-0.2, 0) is 10.1 Å². The molecular weight excluding hydrogens is 355 g/mol. The molecule has 0 aromatic heterocycles. The van der Waals surface area contributed by atoms with Gasteiger partial charge in [0.15, 0.2) is 11.5 Å². The highest BCUT2D eigenvalue weighted by Gasteiger charge is 2.49. The molecule has 12 heteroatoms. The van der Waals surface area contributed by atoms with Crippen LogP contribution in [0.5, 0.6) is 5.75 Å². The van der Waals surface area contributed by atoms with Crippen molar-refractivity contribution in [2.75, 3.05) is 5.23 Å². The first-order chi connectivity index (χ1) is 9.79. The summed E-state index contributed by atoms with van der Waals surface area (Å²) in [5.41, 5.74) is -7.58. The van der Waals surface area contributed by atoms with Crippen molar-refractivity contribution in [1.82, 2.24) is 0 Å². The van der Waals surface area contributed by atoms with Crippen molar-refractivity contribution in [2.24, 2.45) is 0 Å². The Kier molecular flexibility index (Phi) is 4.97. The molecule has 0 unspecified atom stereocenters. The van der Waals surface area contributed by atoms with E-state index in [0.29, 0.717) is 0 Å². The quantitative estimate of drug-likeness (QED) is 0.367. The molecule has 124 valence electrons. The number of halogens is 4. The van der Waals surface area contributed by atoms with Crippen LogP contribution in [0.1, 0.15) is 22.8 Å². The second-order valence-electron chi connectivity index (χ2n) is 4.04. The number of Topliss-reactive ketones (excluding diaryl/α,β-unsaturated/α-hetero) is 1. The third-order valence-electron chi connectivity index (χ3n) is 2.50. The van der Waals surface area contributed by atoms with E-state index in [1.54, 1.807) is 0 Å². The second-order valence-corrected chi connectivity index (χ2v) is 5.98. The zero-order chi connectivity index (χ0) is 17.5. The van der Waals surface area contributed by atoms with E-state index in [1.807, 2.05) is 0 Å². The molecule has 0 aliphatic carbocycles. The minimum absolute atomic E-state index is 0.218. The summed E-state index contributed by atoms with van der Waals surface area (Å²) in [6.07, 6.45) is 0. The van der Waals surface area contributed by atoms with Gasteiger partial charge in [-0.2, -0.15) is 21.6 Å². The van der Waals surface area contributed by atoms with Gasteiger partial charge in [-0.1, -0.05) is 11.6 Å². The number of nitrogens with zero attached hydrogens (tertiary/aromatic N) is 1. The van der Waals surface area contributed by atoms with Crippen LogP contribution in [0.25, 0.3) is 0 Å². The topological polar surface area (TPSA) is 104 Å². The zero-order valence-corrected chi connectivity index (χ0v) is 12.5. The predicted molar refractivity (Wildman–Crippen MR) is 67.8 cm³/mol. The number of rotatable bonds is 4. The van der Waals surface area contributed by atoms with Crippen molar-refractivity contribution >= 4 is 33.2 Å². The summed E-state index contributed by atoms with van der Waals surface area (Å²) >= 11 is 5.71. The Hall–Kier alpha value is -1.56. The lowest BCUT2D eigenvalue weighted by atomic mass is 10.1. The Labute approximate surface area is 127 Å². The maximum absolute atomic E-state index is 12.4. The highest BCUT2D eigenvalue weighted by Crippen LogP contribution is 2.41. The third kappa shape index (κ3) is 3.43. The molecule has 0 radical (unpaired) electrons. The normalized spacial score (nSPS) is 12.2. The summed E-state index contributed by atoms with van der Waals surface area (Å²) in [6, 6.07) is 0.855. The number of benzene rings is 1. The smallest absolute Gasteiger partial charge is 0.373 e. The van der Waals surface area contributed by atoms with Crippen LogP contribution >= 0.6 is 11.6 Å². The number of hydrogen-bond acceptors (Lipinski definition) is 7. The average Bonchev–Trinajstić information content (AvgIpc) is 2.30. The van der Waals surface area contributed by atoms with Crippen molar-refractivity contribution in [3.8, 4) is 5.75 Å². The molecule has 0 aliphatic rings. The van der Waals surface area contributed by atoms with Crippen molar-refractivity contribution in [2.45, 2.75) is 19.4 Å². The average molecular weight is 364 g/mol. The number of hydrogen-bond donors (Lipinski definition) is 2. The molecule has 0 heterocycles. The molecule has 0 amide bonds. The van der Waals surface area contributed by atoms with E-state index in [2.05, 4.69) is 4.18 Å². The van der Waals surface area contributed by atoms with Crippen LogP contribution in [0.2, 0.25) is 5.02 Å². The Bertz CT molecular complexity index is 716. The van der Waals surface area contributed by atoms with E-state index in [-0.39, 0.29) is 10.6 Å². The van der Waals surface area contributed by atoms with E-state index in [1.165, 1.54) is 0 Å². The first kappa shape index (κ1) is 18.5. The fourth-order valence-electron chi connectivity index (χ4n) is 1.46. The zero-order valence-electron chi connectivity index (χ0n) is 11.0. The predicted octanol–water partition coefficient (Wildman–Crippen LogP) is 2.66. The van der Waals surface area contributed by atoms with E-state index < -0.39 is 43.6 Å². The van der Waals surface area contributed by atoms with Gasteiger partial charge in [0.1, 0.15) is 5.69 Å². The fraction of sp³-hybridized carbons (Fsp3) is 0.300. The van der Waals surface area contributed by atoms with Crippen LogP contribution in [0.4, 0.5) is 18.9 Å². The van der Waals surface area contributed by atoms with Gasteiger partial charge < -0.3 is 4.18 Å². The summed E-state index contributed by atoms with van der Waals surface area (Å²) in [5, 5.41) is 17.3. The Morgan fingerprint density at radius 3 is 2.23 bits per heavy atom. The minimum atomic E-state index is -6.14. The third-order valence-corrected chi connectivity index (χ3v) is 3.85. The largest absolute Gasteiger partial charge is 0.534 e. The molecule has 1 rings (SSSR count). The van der Waals surface area contributed by atoms with Gasteiger partial charge >= 0.3 is 15.6 Å². The minimum Gasteiger partial charge on any atom is -0.373 e. The Morgan fingerprint density at radius 1 is 1.36 bits per heavy atom. The van der Waals surface area contributed by atoms with Gasteiger partial charge in [0.25, 0.3) is 0 Å². The number of carbonyl (C=O) groups excluding carboxylic acids is 1. The van der Waals surface area contributed by atoms with Crippen LogP contribution in [0.15, 0.2) is 6.07 Å². The van der Waals surface area contributed by atoms with Crippen molar-refractivity contribution in [3.05, 3.63) is 22.2 Å². The summed E-state index contributed by atoms with van der Waals surface area (Å²) in [5.74, 6) is -2.10. The van der Waals surface area contributed by atoms with Crippen LogP contribution < -0.4 is 9.41 Å². The lowest BCUT2D eigenvalue weighted by Gasteiger charge is -2.20. The first-order valence-corrected chi connectivity index (χ1v) is 7.11. The summed E-state index contributed by atoms with van der Waals surface area (Å²) < 4.78 is 63.3. The lowest BCUT2D eigenvalue weighted by Crippen LogP contribution is -2.29. The molecule has 0 saturated heterocycles. The molecule has 0 atom stereocenters. The van der Waals surface area contributed by atoms with Gasteiger partial charge in [-0.3, -0.25) is 15.2 Å². The van der Waals surface area contributed by atoms with E-state index in [0.717, 1.165) is 19.9 Å². The Balaban J connectivity index is 3.71. The SMILES string of the molecule is CC(=O)c1cc(Cl)c(C)c(N(O)O)c1OS(=O)(=O)C(F)(F)F. The molecule has 0 saturated carbocycles. The van der Waals surface area contributed by atoms with Gasteiger partial charge in [-0.05, 0) is 25.5 Å². The van der Waals surface area contributed by atoms with E-state index in [4.69, 9.17) is 22.0 Å². The van der Waals surface area contributed by atoms with Crippen LogP contribution in [0, 0.1) is 6.92 Å². The lowest BCUT2D eigenvalue weighted by molar-refractivity contribution is -0.0501. The highest BCUT2D eigenvalue weighted by atomic mass is 35.5. The maximum Gasteiger partial charge on any atom is 0.534 e. The number of alkyl halides is 3. The number of carbonyl (C=O) groups is 1. The van der Waals surface area contributed by atoms with Crippen LogP contribution in [0.3, 0.4) is 0 Å². The summed E-state index contributed by atoms with van der Waals surface area (Å²) in [6.45, 7) is 2.05. The molecule has 0 aliphatic heterocycles. The van der Waals surface area contributed by atoms with Crippen molar-refractivity contribution < 1.29 is 41.0 Å². The van der Waals surface area contributed by atoms with E-state index in [9.17, 15) is 26.4 Å². The van der Waals surface area contributed by atoms with Gasteiger partial charge in [-0.15, -0.1) is 5.23 Å². The fourth-order valence-corrected chi connectivity index (χ4v) is 2.14. The highest BCUT2D eigenvalue weighted by molar-refractivity contribution is 7.88. The molecule has 1 aromatic carbocycles. The number of anilines is 1. The molecule has 0 bridgehead atoms. The van der Waals surface area contributed by atoms with Gasteiger partial charge in [0.2, 0.25) is 0 Å². The molecule has 0 spiro atoms. The van der Waals surface area contributed by atoms with Gasteiger partial charge in [0.05, 0.1) is 5.56 Å². The molecule has 0 fully saturated rings. The van der Waals surface area contributed by atoms with Gasteiger partial charge in [-0.25, -0.2) is 0 Å². The van der Waals surface area contributed by atoms with Crippen molar-refractivity contribution in [1.29, 1.82) is 0 Å². The second kappa shape index (κ2) is 5.91. The Morgan fingerprint density at radius 2 is 1.86 bits per heavy atom. The molecule has 1 aromatic rings. The van der Waals surface area contributed by atoms with E-state index >= 15 is 0 Å². The molecule has 2 N–H and O–H groups in total. The summed E-state index contributed by atoms with van der Waals surface area (Å²) in [7, 11) is -6.14. The van der Waals surface area contributed by atoms with Crippen molar-refractivity contribution in [3.63, 3.8) is 0 Å². The summed E-state index contributed by atoms with van der Waals surface area (Å²) in [4.78, 5) is 11.4. The maximum atomic E-state index is 12.4. The first-order valence-electron chi connectivity index (χ1n) is 5.32. The number of ketones is 1. The molecule has 7 nitrogen and oxygen atoms in total. The monoisotopic (exact) mass is 363 g/mol. The molecule has 22 heavy (non-hydrogen) atoms. The van der Waals surface area contributed by atoms with Gasteiger partial charge in [0, 0.05) is 5.02 Å². The molecular formula is C10H9ClF3NO6S. The van der Waals surface area contributed by atoms with Crippen LogP contribution in [-0.4, -0.2) is 30.1 Å².